The minimum Gasteiger partial charge on any atom is -0.322 e. The Hall–Kier alpha value is -3.09. The lowest BCUT2D eigenvalue weighted by Gasteiger charge is -2.10. The first-order chi connectivity index (χ1) is 12.3. The maximum absolute atomic E-state index is 12.6. The van der Waals surface area contributed by atoms with Crippen LogP contribution in [0.4, 0.5) is 18.9 Å². The fraction of sp³-hybridized carbons (Fsp3) is 0.158. The molecule has 0 fully saturated rings. The lowest BCUT2D eigenvalue weighted by Crippen LogP contribution is -2.13. The van der Waals surface area contributed by atoms with Gasteiger partial charge in [0.05, 0.1) is 11.1 Å². The molecule has 0 saturated carbocycles. The average molecular weight is 359 g/mol. The van der Waals surface area contributed by atoms with Crippen molar-refractivity contribution < 1.29 is 18.0 Å². The van der Waals surface area contributed by atoms with E-state index in [9.17, 15) is 18.0 Å². The molecule has 1 N–H and O–H groups in total. The number of aromatic nitrogens is 2. The van der Waals surface area contributed by atoms with Crippen LogP contribution in [0, 0.1) is 13.8 Å². The predicted molar refractivity (Wildman–Crippen MR) is 92.4 cm³/mol. The van der Waals surface area contributed by atoms with Gasteiger partial charge in [-0.1, -0.05) is 6.07 Å². The van der Waals surface area contributed by atoms with E-state index < -0.39 is 11.7 Å². The summed E-state index contributed by atoms with van der Waals surface area (Å²) in [6.07, 6.45) is -2.74. The van der Waals surface area contributed by atoms with Gasteiger partial charge in [0.2, 0.25) is 0 Å². The number of nitrogens with one attached hydrogen (secondary N) is 1. The Kier molecular flexibility index (Phi) is 4.54. The monoisotopic (exact) mass is 359 g/mol. The number of alkyl halides is 3. The molecule has 0 aliphatic rings. The van der Waals surface area contributed by atoms with Crippen molar-refractivity contribution in [2.24, 2.45) is 0 Å². The minimum atomic E-state index is -4.41. The SMILES string of the molecule is Cc1cc(C(=O)Nc2ccc(C(F)(F)F)cc2)c(C)n1-c1ccccn1. The number of amides is 1. The van der Waals surface area contributed by atoms with E-state index in [0.717, 1.165) is 17.8 Å². The molecule has 0 radical (unpaired) electrons. The molecule has 0 aliphatic carbocycles. The van der Waals surface area contributed by atoms with Crippen LogP contribution in [0.2, 0.25) is 0 Å². The van der Waals surface area contributed by atoms with Crippen molar-refractivity contribution in [1.29, 1.82) is 0 Å². The second-order valence-electron chi connectivity index (χ2n) is 5.84. The van der Waals surface area contributed by atoms with Crippen LogP contribution in [-0.2, 0) is 6.18 Å². The molecule has 3 aromatic rings. The zero-order valence-corrected chi connectivity index (χ0v) is 14.1. The maximum atomic E-state index is 12.6. The van der Waals surface area contributed by atoms with Gasteiger partial charge in [-0.3, -0.25) is 4.79 Å². The number of pyridine rings is 1. The molecular formula is C19H16F3N3O. The molecule has 134 valence electrons. The fourth-order valence-corrected chi connectivity index (χ4v) is 2.77. The quantitative estimate of drug-likeness (QED) is 0.733. The van der Waals surface area contributed by atoms with Gasteiger partial charge in [-0.15, -0.1) is 0 Å². The van der Waals surface area contributed by atoms with Crippen LogP contribution in [0.15, 0.2) is 54.7 Å². The van der Waals surface area contributed by atoms with Crippen LogP contribution in [0.1, 0.15) is 27.3 Å². The third-order valence-corrected chi connectivity index (χ3v) is 4.02. The molecule has 4 nitrogen and oxygen atoms in total. The van der Waals surface area contributed by atoms with Gasteiger partial charge in [-0.05, 0) is 56.3 Å². The van der Waals surface area contributed by atoms with E-state index in [1.807, 2.05) is 23.6 Å². The van der Waals surface area contributed by atoms with E-state index in [0.29, 0.717) is 22.8 Å². The van der Waals surface area contributed by atoms with E-state index in [2.05, 4.69) is 10.3 Å². The third kappa shape index (κ3) is 3.46. The summed E-state index contributed by atoms with van der Waals surface area (Å²) in [7, 11) is 0. The highest BCUT2D eigenvalue weighted by Gasteiger charge is 2.30. The summed E-state index contributed by atoms with van der Waals surface area (Å²) >= 11 is 0. The Balaban J connectivity index is 1.85. The first-order valence-corrected chi connectivity index (χ1v) is 7.86. The summed E-state index contributed by atoms with van der Waals surface area (Å²) in [5.74, 6) is 0.302. The van der Waals surface area contributed by atoms with E-state index >= 15 is 0 Å². The highest BCUT2D eigenvalue weighted by Crippen LogP contribution is 2.30. The molecule has 3 rings (SSSR count). The van der Waals surface area contributed by atoms with E-state index in [4.69, 9.17) is 0 Å². The lowest BCUT2D eigenvalue weighted by molar-refractivity contribution is -0.137. The molecule has 1 aromatic carbocycles. The maximum Gasteiger partial charge on any atom is 0.416 e. The number of benzene rings is 1. The molecule has 0 aliphatic heterocycles. The molecule has 0 atom stereocenters. The molecule has 26 heavy (non-hydrogen) atoms. The molecule has 2 aromatic heterocycles. The van der Waals surface area contributed by atoms with Crippen LogP contribution in [0.3, 0.4) is 0 Å². The smallest absolute Gasteiger partial charge is 0.322 e. The average Bonchev–Trinajstić information content (AvgIpc) is 2.90. The molecular weight excluding hydrogens is 343 g/mol. The van der Waals surface area contributed by atoms with Crippen LogP contribution >= 0.6 is 0 Å². The first kappa shape index (κ1) is 17.7. The Labute approximate surface area is 148 Å². The van der Waals surface area contributed by atoms with Crippen molar-refractivity contribution in [3.05, 3.63) is 77.2 Å². The minimum absolute atomic E-state index is 0.297. The van der Waals surface area contributed by atoms with E-state index in [1.165, 1.54) is 12.1 Å². The normalized spacial score (nSPS) is 11.4. The Morgan fingerprint density at radius 1 is 1.08 bits per heavy atom. The van der Waals surface area contributed by atoms with Crippen LogP contribution in [0.5, 0.6) is 0 Å². The van der Waals surface area contributed by atoms with Gasteiger partial charge < -0.3 is 9.88 Å². The highest BCUT2D eigenvalue weighted by molar-refractivity contribution is 6.05. The molecule has 7 heteroatoms. The topological polar surface area (TPSA) is 46.9 Å². The highest BCUT2D eigenvalue weighted by atomic mass is 19.4. The standard InChI is InChI=1S/C19H16F3N3O/c1-12-11-16(13(2)25(12)17-5-3-4-10-23-17)18(26)24-15-8-6-14(7-9-15)19(20,21)22/h3-11H,1-2H3,(H,24,26). The van der Waals surface area contributed by atoms with E-state index in [-0.39, 0.29) is 5.91 Å². The molecule has 0 unspecified atom stereocenters. The summed E-state index contributed by atoms with van der Waals surface area (Å²) in [5, 5.41) is 2.63. The molecule has 0 bridgehead atoms. The summed E-state index contributed by atoms with van der Waals surface area (Å²) < 4.78 is 39.7. The zero-order chi connectivity index (χ0) is 18.9. The van der Waals surface area contributed by atoms with Gasteiger partial charge >= 0.3 is 6.18 Å². The van der Waals surface area contributed by atoms with Crippen molar-refractivity contribution in [1.82, 2.24) is 9.55 Å². The van der Waals surface area contributed by atoms with Crippen LogP contribution < -0.4 is 5.32 Å². The molecule has 0 saturated heterocycles. The first-order valence-electron chi connectivity index (χ1n) is 7.86. The number of anilines is 1. The molecule has 1 amide bonds. The third-order valence-electron chi connectivity index (χ3n) is 4.02. The fourth-order valence-electron chi connectivity index (χ4n) is 2.77. The predicted octanol–water partition coefficient (Wildman–Crippen LogP) is 4.76. The summed E-state index contributed by atoms with van der Waals surface area (Å²) in [4.78, 5) is 16.8. The van der Waals surface area contributed by atoms with Gasteiger partial charge in [-0.2, -0.15) is 13.2 Å². The van der Waals surface area contributed by atoms with Gasteiger partial charge in [0, 0.05) is 23.3 Å². The van der Waals surface area contributed by atoms with Crippen molar-refractivity contribution in [3.63, 3.8) is 0 Å². The second-order valence-corrected chi connectivity index (χ2v) is 5.84. The van der Waals surface area contributed by atoms with Crippen molar-refractivity contribution in [2.75, 3.05) is 5.32 Å². The van der Waals surface area contributed by atoms with Gasteiger partial charge in [-0.25, -0.2) is 4.98 Å². The Bertz CT molecular complexity index is 929. The van der Waals surface area contributed by atoms with Crippen molar-refractivity contribution >= 4 is 11.6 Å². The van der Waals surface area contributed by atoms with Gasteiger partial charge in [0.15, 0.2) is 0 Å². The Morgan fingerprint density at radius 3 is 2.35 bits per heavy atom. The number of carbonyl (C=O) groups is 1. The summed E-state index contributed by atoms with van der Waals surface area (Å²) in [5.41, 5.74) is 1.51. The van der Waals surface area contributed by atoms with Gasteiger partial charge in [0.1, 0.15) is 5.82 Å². The second kappa shape index (κ2) is 6.67. The Morgan fingerprint density at radius 2 is 1.77 bits per heavy atom. The van der Waals surface area contributed by atoms with Crippen LogP contribution in [0.25, 0.3) is 5.82 Å². The largest absolute Gasteiger partial charge is 0.416 e. The number of halogens is 3. The summed E-state index contributed by atoms with van der Waals surface area (Å²) in [6.45, 7) is 3.65. The number of rotatable bonds is 3. The number of hydrogen-bond acceptors (Lipinski definition) is 2. The van der Waals surface area contributed by atoms with Crippen LogP contribution in [-0.4, -0.2) is 15.5 Å². The van der Waals surface area contributed by atoms with Crippen molar-refractivity contribution in [3.8, 4) is 5.82 Å². The number of aryl methyl sites for hydroxylation is 1. The molecule has 0 spiro atoms. The van der Waals surface area contributed by atoms with Gasteiger partial charge in [0.25, 0.3) is 5.91 Å². The number of nitrogens with zero attached hydrogens (tertiary/aromatic N) is 2. The number of hydrogen-bond donors (Lipinski definition) is 1. The van der Waals surface area contributed by atoms with Crippen molar-refractivity contribution in [2.45, 2.75) is 20.0 Å². The lowest BCUT2D eigenvalue weighted by atomic mass is 10.2. The van der Waals surface area contributed by atoms with E-state index in [1.54, 1.807) is 25.3 Å². The molecule has 2 heterocycles. The zero-order valence-electron chi connectivity index (χ0n) is 14.1. The number of carbonyl (C=O) groups excluding carboxylic acids is 1. The summed E-state index contributed by atoms with van der Waals surface area (Å²) in [6, 6.07) is 11.6.